The van der Waals surface area contributed by atoms with Gasteiger partial charge in [-0.05, 0) is 23.6 Å². The SMILES string of the molecule is Cc1ccc2c(c1)[C@H](C(F)(F)F)C(Br)=C2c1ccccc1. The summed E-state index contributed by atoms with van der Waals surface area (Å²) in [6.45, 7) is 1.81. The molecule has 2 aromatic carbocycles. The second-order valence-corrected chi connectivity index (χ2v) is 6.01. The molecular formula is C17H12BrF3. The first-order valence-corrected chi connectivity index (χ1v) is 7.31. The van der Waals surface area contributed by atoms with E-state index in [-0.39, 0.29) is 4.48 Å². The van der Waals surface area contributed by atoms with Crippen molar-refractivity contribution in [2.45, 2.75) is 19.0 Å². The highest BCUT2D eigenvalue weighted by atomic mass is 79.9. The summed E-state index contributed by atoms with van der Waals surface area (Å²) in [6, 6.07) is 14.4. The zero-order valence-electron chi connectivity index (χ0n) is 11.2. The van der Waals surface area contributed by atoms with Crippen molar-refractivity contribution in [3.8, 4) is 0 Å². The summed E-state index contributed by atoms with van der Waals surface area (Å²) in [5, 5.41) is 0. The number of benzene rings is 2. The number of alkyl halides is 3. The molecule has 0 fully saturated rings. The van der Waals surface area contributed by atoms with E-state index in [0.29, 0.717) is 16.7 Å². The monoisotopic (exact) mass is 352 g/mol. The van der Waals surface area contributed by atoms with E-state index in [1.54, 1.807) is 12.1 Å². The number of aryl methyl sites for hydroxylation is 1. The van der Waals surface area contributed by atoms with Crippen molar-refractivity contribution in [3.05, 3.63) is 75.3 Å². The van der Waals surface area contributed by atoms with Gasteiger partial charge in [-0.2, -0.15) is 13.2 Å². The Morgan fingerprint density at radius 1 is 1.00 bits per heavy atom. The minimum Gasteiger partial charge on any atom is -0.170 e. The minimum atomic E-state index is -4.31. The van der Waals surface area contributed by atoms with Crippen LogP contribution in [-0.2, 0) is 0 Å². The van der Waals surface area contributed by atoms with Crippen LogP contribution >= 0.6 is 15.9 Å². The number of fused-ring (bicyclic) bond motifs is 1. The molecule has 2 aromatic rings. The van der Waals surface area contributed by atoms with Gasteiger partial charge < -0.3 is 0 Å². The average Bonchev–Trinajstić information content (AvgIpc) is 2.70. The van der Waals surface area contributed by atoms with E-state index in [1.165, 1.54) is 0 Å². The second-order valence-electron chi connectivity index (χ2n) is 5.15. The molecule has 4 heteroatoms. The Morgan fingerprint density at radius 3 is 2.29 bits per heavy atom. The normalized spacial score (nSPS) is 18.0. The molecule has 3 rings (SSSR count). The molecule has 0 aromatic heterocycles. The number of halogens is 4. The van der Waals surface area contributed by atoms with Crippen molar-refractivity contribution in [3.63, 3.8) is 0 Å². The van der Waals surface area contributed by atoms with Crippen molar-refractivity contribution < 1.29 is 13.2 Å². The van der Waals surface area contributed by atoms with Gasteiger partial charge in [-0.1, -0.05) is 70.0 Å². The van der Waals surface area contributed by atoms with E-state index < -0.39 is 12.1 Å². The van der Waals surface area contributed by atoms with Crippen molar-refractivity contribution >= 4 is 21.5 Å². The molecule has 0 heterocycles. The fourth-order valence-corrected chi connectivity index (χ4v) is 3.73. The van der Waals surface area contributed by atoms with Crippen molar-refractivity contribution in [2.75, 3.05) is 0 Å². The van der Waals surface area contributed by atoms with E-state index in [1.807, 2.05) is 43.3 Å². The number of rotatable bonds is 1. The molecule has 108 valence electrons. The quantitative estimate of drug-likeness (QED) is 0.607. The molecule has 1 aliphatic carbocycles. The zero-order valence-corrected chi connectivity index (χ0v) is 12.8. The van der Waals surface area contributed by atoms with Gasteiger partial charge in [-0.15, -0.1) is 0 Å². The summed E-state index contributed by atoms with van der Waals surface area (Å²) in [5.74, 6) is -1.58. The summed E-state index contributed by atoms with van der Waals surface area (Å²) >= 11 is 3.21. The van der Waals surface area contributed by atoms with Crippen LogP contribution in [0.4, 0.5) is 13.2 Å². The third-order valence-corrected chi connectivity index (χ3v) is 4.52. The molecule has 21 heavy (non-hydrogen) atoms. The lowest BCUT2D eigenvalue weighted by atomic mass is 9.96. The second kappa shape index (κ2) is 5.02. The highest BCUT2D eigenvalue weighted by Crippen LogP contribution is 2.54. The molecule has 0 radical (unpaired) electrons. The van der Waals surface area contributed by atoms with Crippen LogP contribution in [0, 0.1) is 6.92 Å². The molecule has 0 nitrogen and oxygen atoms in total. The highest BCUT2D eigenvalue weighted by Gasteiger charge is 2.48. The molecule has 0 amide bonds. The Balaban J connectivity index is 2.27. The first kappa shape index (κ1) is 14.4. The van der Waals surface area contributed by atoms with Gasteiger partial charge in [0.15, 0.2) is 0 Å². The number of allylic oxidation sites excluding steroid dienone is 1. The van der Waals surface area contributed by atoms with Gasteiger partial charge in [0.1, 0.15) is 5.92 Å². The Labute approximate surface area is 129 Å². The van der Waals surface area contributed by atoms with Crippen LogP contribution in [0.3, 0.4) is 0 Å². The number of hydrogen-bond acceptors (Lipinski definition) is 0. The summed E-state index contributed by atoms with van der Waals surface area (Å²) in [5.41, 5.74) is 3.24. The maximum Gasteiger partial charge on any atom is 0.400 e. The van der Waals surface area contributed by atoms with Crippen LogP contribution in [-0.4, -0.2) is 6.18 Å². The van der Waals surface area contributed by atoms with Crippen LogP contribution in [0.15, 0.2) is 53.0 Å². The molecular weight excluding hydrogens is 341 g/mol. The molecule has 1 aliphatic rings. The van der Waals surface area contributed by atoms with Crippen molar-refractivity contribution in [2.24, 2.45) is 0 Å². The highest BCUT2D eigenvalue weighted by molar-refractivity contribution is 9.11. The van der Waals surface area contributed by atoms with Gasteiger partial charge in [0.25, 0.3) is 0 Å². The van der Waals surface area contributed by atoms with Crippen molar-refractivity contribution in [1.29, 1.82) is 0 Å². The maximum absolute atomic E-state index is 13.4. The van der Waals surface area contributed by atoms with Crippen LogP contribution in [0.5, 0.6) is 0 Å². The summed E-state index contributed by atoms with van der Waals surface area (Å²) in [7, 11) is 0. The lowest BCUT2D eigenvalue weighted by Crippen LogP contribution is -2.19. The topological polar surface area (TPSA) is 0 Å². The van der Waals surface area contributed by atoms with E-state index in [0.717, 1.165) is 11.1 Å². The van der Waals surface area contributed by atoms with Gasteiger partial charge >= 0.3 is 6.18 Å². The largest absolute Gasteiger partial charge is 0.400 e. The number of hydrogen-bond donors (Lipinski definition) is 0. The third kappa shape index (κ3) is 2.42. The Hall–Kier alpha value is -1.55. The Bertz CT molecular complexity index is 715. The van der Waals surface area contributed by atoms with Gasteiger partial charge in [0.05, 0.1) is 0 Å². The predicted octanol–water partition coefficient (Wildman–Crippen LogP) is 5.81. The van der Waals surface area contributed by atoms with Gasteiger partial charge in [0, 0.05) is 10.1 Å². The van der Waals surface area contributed by atoms with Crippen LogP contribution in [0.25, 0.3) is 5.57 Å². The molecule has 0 N–H and O–H groups in total. The fourth-order valence-electron chi connectivity index (χ4n) is 2.78. The summed E-state index contributed by atoms with van der Waals surface area (Å²) in [4.78, 5) is 0. The maximum atomic E-state index is 13.4. The molecule has 0 aliphatic heterocycles. The molecule has 0 unspecified atom stereocenters. The van der Waals surface area contributed by atoms with E-state index >= 15 is 0 Å². The van der Waals surface area contributed by atoms with Crippen LogP contribution in [0.2, 0.25) is 0 Å². The average molecular weight is 353 g/mol. The first-order chi connectivity index (χ1) is 9.89. The van der Waals surface area contributed by atoms with Gasteiger partial charge in [-0.3, -0.25) is 0 Å². The fraction of sp³-hybridized carbons (Fsp3) is 0.176. The van der Waals surface area contributed by atoms with E-state index in [2.05, 4.69) is 15.9 Å². The van der Waals surface area contributed by atoms with Crippen molar-refractivity contribution in [1.82, 2.24) is 0 Å². The predicted molar refractivity (Wildman–Crippen MR) is 81.4 cm³/mol. The molecule has 0 bridgehead atoms. The minimum absolute atomic E-state index is 0.196. The van der Waals surface area contributed by atoms with Gasteiger partial charge in [-0.25, -0.2) is 0 Å². The van der Waals surface area contributed by atoms with E-state index in [4.69, 9.17) is 0 Å². The van der Waals surface area contributed by atoms with Gasteiger partial charge in [0.2, 0.25) is 0 Å². The lowest BCUT2D eigenvalue weighted by molar-refractivity contribution is -0.139. The smallest absolute Gasteiger partial charge is 0.170 e. The Morgan fingerprint density at radius 2 is 1.67 bits per heavy atom. The first-order valence-electron chi connectivity index (χ1n) is 6.52. The summed E-state index contributed by atoms with van der Waals surface area (Å²) in [6.07, 6.45) is -4.31. The standard InChI is InChI=1S/C17H12BrF3/c1-10-7-8-12-13(9-10)15(17(19,20)21)16(18)14(12)11-5-3-2-4-6-11/h2-9,15H,1H3/t15-/m0/s1. The zero-order chi connectivity index (χ0) is 15.2. The lowest BCUT2D eigenvalue weighted by Gasteiger charge is -2.17. The summed E-state index contributed by atoms with van der Waals surface area (Å²) < 4.78 is 40.5. The Kier molecular flexibility index (Phi) is 3.44. The van der Waals surface area contributed by atoms with Crippen LogP contribution < -0.4 is 0 Å². The molecule has 0 saturated heterocycles. The van der Waals surface area contributed by atoms with E-state index in [9.17, 15) is 13.2 Å². The third-order valence-electron chi connectivity index (χ3n) is 3.67. The van der Waals surface area contributed by atoms with Crippen LogP contribution in [0.1, 0.15) is 28.2 Å². The molecule has 0 spiro atoms. The molecule has 0 saturated carbocycles. The molecule has 1 atom stereocenters.